The van der Waals surface area contributed by atoms with Gasteiger partial charge in [0.25, 0.3) is 0 Å². The first-order valence-corrected chi connectivity index (χ1v) is 11.6. The molecule has 6 rings (SSSR count). The predicted molar refractivity (Wildman–Crippen MR) is 122 cm³/mol. The highest BCUT2D eigenvalue weighted by molar-refractivity contribution is 6.35. The first-order chi connectivity index (χ1) is 16.8. The van der Waals surface area contributed by atoms with Crippen LogP contribution in [0.5, 0.6) is 11.5 Å². The molecule has 2 aromatic carbocycles. The van der Waals surface area contributed by atoms with Crippen molar-refractivity contribution in [2.75, 3.05) is 12.1 Å². The second-order valence-corrected chi connectivity index (χ2v) is 9.54. The summed E-state index contributed by atoms with van der Waals surface area (Å²) < 4.78 is 10.7. The van der Waals surface area contributed by atoms with Crippen LogP contribution in [0.4, 0.5) is 5.69 Å². The number of amides is 4. The fourth-order valence-electron chi connectivity index (χ4n) is 5.78. The van der Waals surface area contributed by atoms with Gasteiger partial charge in [-0.25, -0.2) is 0 Å². The number of nitrogens with zero attached hydrogens (tertiary/aromatic N) is 1. The van der Waals surface area contributed by atoms with Crippen molar-refractivity contribution in [3.63, 3.8) is 0 Å². The van der Waals surface area contributed by atoms with Crippen molar-refractivity contribution >= 4 is 40.9 Å². The number of carbonyl (C=O) groups excluding carboxylic acids is 4. The van der Waals surface area contributed by atoms with E-state index in [0.29, 0.717) is 33.3 Å². The smallest absolute Gasteiger partial charge is 0.250 e. The molecule has 1 spiro atoms. The summed E-state index contributed by atoms with van der Waals surface area (Å²) in [5.41, 5.74) is 5.49. The van der Waals surface area contributed by atoms with Gasteiger partial charge in [-0.1, -0.05) is 29.8 Å². The molecule has 0 bridgehead atoms. The topological polar surface area (TPSA) is 140 Å². The number of para-hydroxylation sites is 1. The van der Waals surface area contributed by atoms with Crippen LogP contribution < -0.4 is 25.8 Å². The standard InChI is InChI=1S/C24H21ClN4O6/c25-13-3-1-2-12-20(13)27-23(33)24(12)19-18(14(28-24)5-7-17(26)30)21(31)29(22(19)32)9-11-4-6-15-16(8-11)35-10-34-15/h1-4,6,8,14,18-19,28H,5,7,9-10H2,(H2,26,30)(H,27,33)/t14-,18+,19+,24-/m0/s1. The third-order valence-electron chi connectivity index (χ3n) is 7.27. The van der Waals surface area contributed by atoms with E-state index in [1.165, 1.54) is 4.90 Å². The van der Waals surface area contributed by atoms with Crippen molar-refractivity contribution < 1.29 is 28.7 Å². The minimum Gasteiger partial charge on any atom is -0.454 e. The number of nitrogens with two attached hydrogens (primary N) is 1. The Kier molecular flexibility index (Phi) is 4.81. The molecule has 10 nitrogen and oxygen atoms in total. The Balaban J connectivity index is 1.40. The highest BCUT2D eigenvalue weighted by atomic mass is 35.5. The van der Waals surface area contributed by atoms with E-state index in [0.717, 1.165) is 0 Å². The number of likely N-dealkylation sites (tertiary alicyclic amines) is 1. The largest absolute Gasteiger partial charge is 0.454 e. The average molecular weight is 497 g/mol. The molecule has 35 heavy (non-hydrogen) atoms. The maximum absolute atomic E-state index is 13.8. The fourth-order valence-corrected chi connectivity index (χ4v) is 6.00. The molecular weight excluding hydrogens is 476 g/mol. The molecule has 0 aromatic heterocycles. The number of primary amides is 1. The molecule has 0 saturated carbocycles. The van der Waals surface area contributed by atoms with Crippen molar-refractivity contribution in [2.24, 2.45) is 17.6 Å². The summed E-state index contributed by atoms with van der Waals surface area (Å²) in [6.45, 7) is 0.126. The SMILES string of the molecule is NC(=O)CC[C@@H]1N[C@]2(C(=O)Nc3c(Cl)cccc32)[C@H]2C(=O)N(Cc3ccc4c(c3)OCO4)C(=O)[C@H]12. The molecule has 0 aliphatic carbocycles. The van der Waals surface area contributed by atoms with Gasteiger partial charge in [0, 0.05) is 18.0 Å². The number of imide groups is 1. The van der Waals surface area contributed by atoms with E-state index < -0.39 is 47.0 Å². The molecule has 4 heterocycles. The molecule has 4 amide bonds. The lowest BCUT2D eigenvalue weighted by Gasteiger charge is -2.29. The van der Waals surface area contributed by atoms with Crippen LogP contribution in [0.25, 0.3) is 0 Å². The average Bonchev–Trinajstić information content (AvgIpc) is 3.55. The number of rotatable bonds is 5. The molecule has 0 unspecified atom stereocenters. The van der Waals surface area contributed by atoms with Crippen LogP contribution in [0.3, 0.4) is 0 Å². The number of hydrogen-bond acceptors (Lipinski definition) is 7. The molecule has 4 N–H and O–H groups in total. The van der Waals surface area contributed by atoms with E-state index in [-0.39, 0.29) is 26.2 Å². The second kappa shape index (κ2) is 7.69. The zero-order valence-corrected chi connectivity index (χ0v) is 19.1. The molecule has 180 valence electrons. The van der Waals surface area contributed by atoms with Gasteiger partial charge in [-0.2, -0.15) is 0 Å². The Morgan fingerprint density at radius 1 is 1.14 bits per heavy atom. The van der Waals surface area contributed by atoms with Gasteiger partial charge in [-0.3, -0.25) is 29.4 Å². The quantitative estimate of drug-likeness (QED) is 0.529. The number of anilines is 1. The first kappa shape index (κ1) is 21.9. The van der Waals surface area contributed by atoms with Gasteiger partial charge in [0.05, 0.1) is 29.1 Å². The van der Waals surface area contributed by atoms with E-state index in [1.807, 2.05) is 0 Å². The maximum atomic E-state index is 13.8. The van der Waals surface area contributed by atoms with Crippen molar-refractivity contribution in [3.05, 3.63) is 52.5 Å². The number of fused-ring (bicyclic) bond motifs is 5. The van der Waals surface area contributed by atoms with Gasteiger partial charge in [-0.05, 0) is 30.2 Å². The van der Waals surface area contributed by atoms with Crippen LogP contribution in [0.15, 0.2) is 36.4 Å². The van der Waals surface area contributed by atoms with Crippen LogP contribution >= 0.6 is 11.6 Å². The number of halogens is 1. The van der Waals surface area contributed by atoms with Crippen molar-refractivity contribution in [1.82, 2.24) is 10.2 Å². The van der Waals surface area contributed by atoms with Crippen molar-refractivity contribution in [2.45, 2.75) is 31.0 Å². The summed E-state index contributed by atoms with van der Waals surface area (Å²) in [4.78, 5) is 53.6. The number of hydrogen-bond donors (Lipinski definition) is 3. The number of nitrogens with one attached hydrogen (secondary N) is 2. The minimum absolute atomic E-state index is 0.00458. The Bertz CT molecular complexity index is 1310. The molecule has 4 atom stereocenters. The monoisotopic (exact) mass is 496 g/mol. The first-order valence-electron chi connectivity index (χ1n) is 11.2. The number of carbonyl (C=O) groups is 4. The molecule has 4 aliphatic rings. The van der Waals surface area contributed by atoms with Crippen molar-refractivity contribution in [1.29, 1.82) is 0 Å². The van der Waals surface area contributed by atoms with Crippen molar-refractivity contribution in [3.8, 4) is 11.5 Å². The summed E-state index contributed by atoms with van der Waals surface area (Å²) in [6.07, 6.45) is 0.211. The molecule has 2 fully saturated rings. The number of benzene rings is 2. The third-order valence-corrected chi connectivity index (χ3v) is 7.58. The van der Waals surface area contributed by atoms with E-state index in [1.54, 1.807) is 36.4 Å². The predicted octanol–water partition coefficient (Wildman–Crippen LogP) is 1.25. The zero-order valence-electron chi connectivity index (χ0n) is 18.4. The van der Waals surface area contributed by atoms with Crippen LogP contribution in [0.1, 0.15) is 24.0 Å². The molecule has 4 aliphatic heterocycles. The van der Waals surface area contributed by atoms with Crippen LogP contribution in [-0.2, 0) is 31.3 Å². The summed E-state index contributed by atoms with van der Waals surface area (Å²) in [7, 11) is 0. The van der Waals surface area contributed by atoms with E-state index in [9.17, 15) is 19.2 Å². The van der Waals surface area contributed by atoms with Gasteiger partial charge >= 0.3 is 0 Å². The highest BCUT2D eigenvalue weighted by Crippen LogP contribution is 2.54. The Labute approximate surface area is 204 Å². The molecule has 2 saturated heterocycles. The van der Waals surface area contributed by atoms with Gasteiger partial charge in [-0.15, -0.1) is 0 Å². The van der Waals surface area contributed by atoms with Crippen LogP contribution in [0.2, 0.25) is 5.02 Å². The fraction of sp³-hybridized carbons (Fsp3) is 0.333. The Morgan fingerprint density at radius 2 is 1.94 bits per heavy atom. The summed E-state index contributed by atoms with van der Waals surface area (Å²) in [5, 5.41) is 6.37. The molecule has 11 heteroatoms. The second-order valence-electron chi connectivity index (χ2n) is 9.13. The lowest BCUT2D eigenvalue weighted by Crippen LogP contribution is -2.53. The van der Waals surface area contributed by atoms with Gasteiger partial charge in [0.15, 0.2) is 11.5 Å². The summed E-state index contributed by atoms with van der Waals surface area (Å²) in [5.74, 6) is -2.56. The van der Waals surface area contributed by atoms with E-state index >= 15 is 0 Å². The van der Waals surface area contributed by atoms with Gasteiger partial charge in [0.2, 0.25) is 30.4 Å². The molecule has 0 radical (unpaired) electrons. The zero-order chi connectivity index (χ0) is 24.5. The summed E-state index contributed by atoms with van der Waals surface area (Å²) in [6, 6.07) is 9.67. The molecule has 2 aromatic rings. The van der Waals surface area contributed by atoms with E-state index in [2.05, 4.69) is 10.6 Å². The number of ether oxygens (including phenoxy) is 2. The van der Waals surface area contributed by atoms with E-state index in [4.69, 9.17) is 26.8 Å². The van der Waals surface area contributed by atoms with Gasteiger partial charge < -0.3 is 20.5 Å². The van der Waals surface area contributed by atoms with Crippen LogP contribution in [0, 0.1) is 11.8 Å². The van der Waals surface area contributed by atoms with Gasteiger partial charge in [0.1, 0.15) is 5.54 Å². The maximum Gasteiger partial charge on any atom is 0.250 e. The summed E-state index contributed by atoms with van der Waals surface area (Å²) >= 11 is 6.34. The Hall–Kier alpha value is -3.63. The lowest BCUT2D eigenvalue weighted by atomic mass is 9.76. The third kappa shape index (κ3) is 3.06. The molecular formula is C24H21ClN4O6. The Morgan fingerprint density at radius 3 is 2.74 bits per heavy atom. The van der Waals surface area contributed by atoms with Crippen LogP contribution in [-0.4, -0.2) is 41.4 Å². The minimum atomic E-state index is -1.48. The normalized spacial score (nSPS) is 28.0. The highest BCUT2D eigenvalue weighted by Gasteiger charge is 2.70. The lowest BCUT2D eigenvalue weighted by molar-refractivity contribution is -0.143.